The molecule has 1 aromatic carbocycles. The van der Waals surface area contributed by atoms with Crippen molar-refractivity contribution in [1.29, 1.82) is 0 Å². The van der Waals surface area contributed by atoms with Gasteiger partial charge in [-0.15, -0.1) is 17.9 Å². The zero-order chi connectivity index (χ0) is 16.2. The van der Waals surface area contributed by atoms with Gasteiger partial charge in [0.2, 0.25) is 0 Å². The van der Waals surface area contributed by atoms with Crippen LogP contribution in [0.2, 0.25) is 0 Å². The topological polar surface area (TPSA) is 75.3 Å². The highest BCUT2D eigenvalue weighted by atomic mass is 32.2. The monoisotopic (exact) mass is 336 g/mol. The third kappa shape index (κ3) is 3.75. The zero-order valence-electron chi connectivity index (χ0n) is 12.0. The Morgan fingerprint density at radius 3 is 2.64 bits per heavy atom. The van der Waals surface area contributed by atoms with Gasteiger partial charge in [0.15, 0.2) is 0 Å². The van der Waals surface area contributed by atoms with Crippen LogP contribution in [0.3, 0.4) is 0 Å². The summed E-state index contributed by atoms with van der Waals surface area (Å²) in [4.78, 5) is 13.0. The Morgan fingerprint density at radius 1 is 1.27 bits per heavy atom. The van der Waals surface area contributed by atoms with E-state index >= 15 is 0 Å². The molecule has 0 radical (unpaired) electrons. The van der Waals surface area contributed by atoms with Crippen LogP contribution in [0.4, 0.5) is 5.69 Å². The van der Waals surface area contributed by atoms with Crippen LogP contribution in [0.5, 0.6) is 0 Å². The van der Waals surface area contributed by atoms with Gasteiger partial charge in [-0.05, 0) is 31.2 Å². The molecule has 5 nitrogen and oxygen atoms in total. The van der Waals surface area contributed by atoms with Crippen molar-refractivity contribution in [2.75, 3.05) is 11.3 Å². The average Bonchev–Trinajstić information content (AvgIpc) is 2.92. The van der Waals surface area contributed by atoms with Crippen molar-refractivity contribution < 1.29 is 13.2 Å². The summed E-state index contributed by atoms with van der Waals surface area (Å²) >= 11 is 1.18. The van der Waals surface area contributed by atoms with E-state index in [1.807, 2.05) is 6.92 Å². The molecule has 0 aliphatic heterocycles. The van der Waals surface area contributed by atoms with Gasteiger partial charge in [0.05, 0.1) is 11.3 Å². The Bertz CT molecular complexity index is 795. The SMILES string of the molecule is C=CCNC(=O)c1ccccc1NS(=O)(=O)c1ccc(C)s1. The number of amides is 1. The Balaban J connectivity index is 2.30. The summed E-state index contributed by atoms with van der Waals surface area (Å²) in [6.07, 6.45) is 1.55. The number of para-hydroxylation sites is 1. The van der Waals surface area contributed by atoms with Crippen LogP contribution in [-0.2, 0) is 10.0 Å². The van der Waals surface area contributed by atoms with Gasteiger partial charge in [-0.25, -0.2) is 8.42 Å². The summed E-state index contributed by atoms with van der Waals surface area (Å²) in [5.74, 6) is -0.361. The van der Waals surface area contributed by atoms with Gasteiger partial charge in [0.1, 0.15) is 4.21 Å². The van der Waals surface area contributed by atoms with Crippen molar-refractivity contribution >= 4 is 33.0 Å². The highest BCUT2D eigenvalue weighted by Gasteiger charge is 2.19. The predicted octanol–water partition coefficient (Wildman–Crippen LogP) is 2.77. The number of aryl methyl sites for hydroxylation is 1. The molecular formula is C15H16N2O3S2. The van der Waals surface area contributed by atoms with Gasteiger partial charge >= 0.3 is 0 Å². The first kappa shape index (κ1) is 16.3. The van der Waals surface area contributed by atoms with Crippen molar-refractivity contribution in [3.63, 3.8) is 0 Å². The van der Waals surface area contributed by atoms with Crippen molar-refractivity contribution in [2.24, 2.45) is 0 Å². The molecule has 1 heterocycles. The Morgan fingerprint density at radius 2 is 2.00 bits per heavy atom. The van der Waals surface area contributed by atoms with E-state index < -0.39 is 10.0 Å². The standard InChI is InChI=1S/C15H16N2O3S2/c1-3-10-16-15(18)12-6-4-5-7-13(12)17-22(19,20)14-9-8-11(2)21-14/h3-9,17H,1,10H2,2H3,(H,16,18). The molecule has 0 atom stereocenters. The maximum Gasteiger partial charge on any atom is 0.271 e. The number of benzene rings is 1. The van der Waals surface area contributed by atoms with Crippen LogP contribution in [0.15, 0.2) is 53.3 Å². The van der Waals surface area contributed by atoms with Crippen LogP contribution < -0.4 is 10.0 Å². The van der Waals surface area contributed by atoms with E-state index in [4.69, 9.17) is 0 Å². The second-order valence-electron chi connectivity index (χ2n) is 4.51. The lowest BCUT2D eigenvalue weighted by atomic mass is 10.1. The van der Waals surface area contributed by atoms with E-state index in [-0.39, 0.29) is 21.4 Å². The minimum Gasteiger partial charge on any atom is -0.349 e. The van der Waals surface area contributed by atoms with Crippen molar-refractivity contribution in [2.45, 2.75) is 11.1 Å². The van der Waals surface area contributed by atoms with Gasteiger partial charge < -0.3 is 5.32 Å². The molecule has 2 rings (SSSR count). The molecular weight excluding hydrogens is 320 g/mol. The number of carbonyl (C=O) groups excluding carboxylic acids is 1. The third-order valence-electron chi connectivity index (χ3n) is 2.80. The van der Waals surface area contributed by atoms with Crippen LogP contribution in [0.25, 0.3) is 0 Å². The van der Waals surface area contributed by atoms with E-state index in [1.54, 1.807) is 42.5 Å². The van der Waals surface area contributed by atoms with Crippen molar-refractivity contribution in [3.05, 3.63) is 59.5 Å². The Hall–Kier alpha value is -2.12. The minimum absolute atomic E-state index is 0.214. The van der Waals surface area contributed by atoms with Crippen LogP contribution in [-0.4, -0.2) is 20.9 Å². The number of hydrogen-bond acceptors (Lipinski definition) is 4. The van der Waals surface area contributed by atoms with Gasteiger partial charge in [0.25, 0.3) is 15.9 Å². The van der Waals surface area contributed by atoms with Crippen LogP contribution >= 0.6 is 11.3 Å². The smallest absolute Gasteiger partial charge is 0.271 e. The molecule has 2 aromatic rings. The Labute approximate surface area is 133 Å². The maximum atomic E-state index is 12.4. The molecule has 116 valence electrons. The minimum atomic E-state index is -3.70. The number of sulfonamides is 1. The van der Waals surface area contributed by atoms with Crippen molar-refractivity contribution in [3.8, 4) is 0 Å². The average molecular weight is 336 g/mol. The first-order chi connectivity index (χ1) is 10.4. The molecule has 0 spiro atoms. The van der Waals surface area contributed by atoms with Crippen LogP contribution in [0.1, 0.15) is 15.2 Å². The molecule has 0 bridgehead atoms. The highest BCUT2D eigenvalue weighted by molar-refractivity contribution is 7.94. The van der Waals surface area contributed by atoms with E-state index in [1.165, 1.54) is 11.3 Å². The second-order valence-corrected chi connectivity index (χ2v) is 7.71. The number of anilines is 1. The number of carbonyl (C=O) groups is 1. The van der Waals surface area contributed by atoms with E-state index in [0.717, 1.165) is 4.88 Å². The quantitative estimate of drug-likeness (QED) is 0.797. The molecule has 1 aromatic heterocycles. The molecule has 0 unspecified atom stereocenters. The first-order valence-corrected chi connectivity index (χ1v) is 8.81. The molecule has 1 amide bonds. The molecule has 22 heavy (non-hydrogen) atoms. The van der Waals surface area contributed by atoms with E-state index in [0.29, 0.717) is 6.54 Å². The lowest BCUT2D eigenvalue weighted by Crippen LogP contribution is -2.25. The lowest BCUT2D eigenvalue weighted by molar-refractivity contribution is 0.0959. The molecule has 0 aliphatic carbocycles. The normalized spacial score (nSPS) is 11.0. The largest absolute Gasteiger partial charge is 0.349 e. The number of nitrogens with one attached hydrogen (secondary N) is 2. The molecule has 0 saturated carbocycles. The molecule has 0 saturated heterocycles. The summed E-state index contributed by atoms with van der Waals surface area (Å²) < 4.78 is 27.4. The molecule has 2 N–H and O–H groups in total. The van der Waals surface area contributed by atoms with E-state index in [9.17, 15) is 13.2 Å². The fourth-order valence-corrected chi connectivity index (χ4v) is 4.14. The van der Waals surface area contributed by atoms with Gasteiger partial charge in [0, 0.05) is 11.4 Å². The summed E-state index contributed by atoms with van der Waals surface area (Å²) in [6, 6.07) is 9.75. The van der Waals surface area contributed by atoms with Gasteiger partial charge in [-0.3, -0.25) is 9.52 Å². The lowest BCUT2D eigenvalue weighted by Gasteiger charge is -2.11. The Kier molecular flexibility index (Phi) is 4.99. The highest BCUT2D eigenvalue weighted by Crippen LogP contribution is 2.25. The van der Waals surface area contributed by atoms with E-state index in [2.05, 4.69) is 16.6 Å². The zero-order valence-corrected chi connectivity index (χ0v) is 13.6. The van der Waals surface area contributed by atoms with Gasteiger partial charge in [-0.1, -0.05) is 18.2 Å². The number of hydrogen-bond donors (Lipinski definition) is 2. The molecule has 7 heteroatoms. The number of thiophene rings is 1. The van der Waals surface area contributed by atoms with Gasteiger partial charge in [-0.2, -0.15) is 0 Å². The molecule has 0 fully saturated rings. The number of rotatable bonds is 6. The first-order valence-electron chi connectivity index (χ1n) is 6.51. The maximum absolute atomic E-state index is 12.4. The molecule has 0 aliphatic rings. The summed E-state index contributed by atoms with van der Waals surface area (Å²) in [7, 11) is -3.70. The fourth-order valence-electron chi connectivity index (χ4n) is 1.78. The summed E-state index contributed by atoms with van der Waals surface area (Å²) in [5.41, 5.74) is 0.510. The van der Waals surface area contributed by atoms with Crippen LogP contribution in [0, 0.1) is 6.92 Å². The fraction of sp³-hybridized carbons (Fsp3) is 0.133. The van der Waals surface area contributed by atoms with Crippen molar-refractivity contribution in [1.82, 2.24) is 5.32 Å². The summed E-state index contributed by atoms with van der Waals surface area (Å²) in [6.45, 7) is 5.67. The third-order valence-corrected chi connectivity index (χ3v) is 5.66. The predicted molar refractivity (Wildman–Crippen MR) is 88.8 cm³/mol. The second kappa shape index (κ2) is 6.76. The summed E-state index contributed by atoms with van der Waals surface area (Å²) in [5, 5.41) is 2.63.